The molecule has 2 atom stereocenters. The number of rotatable bonds is 4. The molecule has 2 unspecified atom stereocenters. The fraction of sp³-hybridized carbons (Fsp3) is 0.833. The quantitative estimate of drug-likeness (QED) is 0.741. The molecule has 1 N–H and O–H groups in total. The second kappa shape index (κ2) is 6.28. The summed E-state index contributed by atoms with van der Waals surface area (Å²) in [5.74, 6) is 0.0101. The van der Waals surface area contributed by atoms with Gasteiger partial charge >= 0.3 is 0 Å². The molecule has 0 aromatic rings. The second-order valence-corrected chi connectivity index (χ2v) is 5.51. The van der Waals surface area contributed by atoms with Crippen molar-refractivity contribution >= 4 is 24.4 Å². The summed E-state index contributed by atoms with van der Waals surface area (Å²) in [7, 11) is 0. The highest BCUT2D eigenvalue weighted by Gasteiger charge is 2.26. The molecule has 0 radical (unpaired) electrons. The molecule has 4 nitrogen and oxygen atoms in total. The maximum Gasteiger partial charge on any atom is 0.244 e. The molecule has 0 aliphatic carbocycles. The lowest BCUT2D eigenvalue weighted by Gasteiger charge is -2.23. The molecule has 5 heteroatoms. The predicted octanol–water partition coefficient (Wildman–Crippen LogP) is 1.07. The summed E-state index contributed by atoms with van der Waals surface area (Å²) in [6.45, 7) is 7.23. The minimum absolute atomic E-state index is 0.0140. The molecule has 1 fully saturated rings. The first-order valence-electron chi connectivity index (χ1n) is 6.20. The van der Waals surface area contributed by atoms with Crippen molar-refractivity contribution < 1.29 is 9.59 Å². The maximum absolute atomic E-state index is 12.0. The summed E-state index contributed by atoms with van der Waals surface area (Å²) in [4.78, 5) is 25.5. The van der Waals surface area contributed by atoms with E-state index in [1.54, 1.807) is 6.92 Å². The molecule has 98 valence electrons. The summed E-state index contributed by atoms with van der Waals surface area (Å²) in [6.07, 6.45) is 2.13. The number of thiol groups is 1. The van der Waals surface area contributed by atoms with Gasteiger partial charge in [0.1, 0.15) is 6.04 Å². The summed E-state index contributed by atoms with van der Waals surface area (Å²) in [5, 5.41) is 2.37. The van der Waals surface area contributed by atoms with E-state index in [4.69, 9.17) is 0 Å². The highest BCUT2D eigenvalue weighted by atomic mass is 32.1. The fourth-order valence-corrected chi connectivity index (χ4v) is 1.95. The van der Waals surface area contributed by atoms with E-state index in [9.17, 15) is 9.59 Å². The zero-order chi connectivity index (χ0) is 13.0. The molecule has 1 rings (SSSR count). The monoisotopic (exact) mass is 258 g/mol. The SMILES string of the molecule is CC(NC(=O)C(S)C(C)C)C(=O)N1CCCC1. The van der Waals surface area contributed by atoms with Crippen LogP contribution >= 0.6 is 12.6 Å². The lowest BCUT2D eigenvalue weighted by Crippen LogP contribution is -2.48. The van der Waals surface area contributed by atoms with Gasteiger partial charge in [-0.25, -0.2) is 0 Å². The first-order chi connectivity index (χ1) is 7.93. The maximum atomic E-state index is 12.0. The summed E-state index contributed by atoms with van der Waals surface area (Å²) in [6, 6.07) is -0.450. The minimum Gasteiger partial charge on any atom is -0.344 e. The Labute approximate surface area is 109 Å². The van der Waals surface area contributed by atoms with Crippen LogP contribution in [0.5, 0.6) is 0 Å². The number of carbonyl (C=O) groups is 2. The van der Waals surface area contributed by atoms with E-state index in [1.165, 1.54) is 0 Å². The number of hydrogen-bond acceptors (Lipinski definition) is 3. The van der Waals surface area contributed by atoms with E-state index >= 15 is 0 Å². The van der Waals surface area contributed by atoms with Crippen LogP contribution in [0.25, 0.3) is 0 Å². The van der Waals surface area contributed by atoms with E-state index in [0.29, 0.717) is 0 Å². The van der Waals surface area contributed by atoms with Crippen LogP contribution < -0.4 is 5.32 Å². The molecule has 1 aliphatic heterocycles. The van der Waals surface area contributed by atoms with Gasteiger partial charge in [-0.3, -0.25) is 9.59 Å². The van der Waals surface area contributed by atoms with Gasteiger partial charge in [0.2, 0.25) is 11.8 Å². The van der Waals surface area contributed by atoms with E-state index < -0.39 is 6.04 Å². The highest BCUT2D eigenvalue weighted by molar-refractivity contribution is 7.81. The standard InChI is InChI=1S/C12H22N2O2S/c1-8(2)10(17)11(15)13-9(3)12(16)14-6-4-5-7-14/h8-10,17H,4-7H2,1-3H3,(H,13,15). The van der Waals surface area contributed by atoms with Crippen molar-refractivity contribution in [1.29, 1.82) is 0 Å². The topological polar surface area (TPSA) is 49.4 Å². The second-order valence-electron chi connectivity index (χ2n) is 4.95. The Morgan fingerprint density at radius 1 is 1.18 bits per heavy atom. The Bertz CT molecular complexity index is 288. The minimum atomic E-state index is -0.450. The molecule has 0 bridgehead atoms. The third kappa shape index (κ3) is 3.91. The van der Waals surface area contributed by atoms with Gasteiger partial charge in [-0.1, -0.05) is 13.8 Å². The number of amides is 2. The number of hydrogen-bond donors (Lipinski definition) is 2. The van der Waals surface area contributed by atoms with Crippen LogP contribution in [0.3, 0.4) is 0 Å². The van der Waals surface area contributed by atoms with Crippen LogP contribution in [-0.4, -0.2) is 41.1 Å². The Balaban J connectivity index is 2.45. The van der Waals surface area contributed by atoms with Crippen molar-refractivity contribution in [3.63, 3.8) is 0 Å². The largest absolute Gasteiger partial charge is 0.344 e. The van der Waals surface area contributed by atoms with Crippen molar-refractivity contribution in [2.24, 2.45) is 5.92 Å². The number of nitrogens with zero attached hydrogens (tertiary/aromatic N) is 1. The molecule has 1 aliphatic rings. The number of carbonyl (C=O) groups excluding carboxylic acids is 2. The van der Waals surface area contributed by atoms with Gasteiger partial charge in [0, 0.05) is 13.1 Å². The van der Waals surface area contributed by atoms with Crippen LogP contribution in [-0.2, 0) is 9.59 Å². The van der Waals surface area contributed by atoms with Gasteiger partial charge in [0.25, 0.3) is 0 Å². The molecule has 0 aromatic heterocycles. The molecule has 17 heavy (non-hydrogen) atoms. The van der Waals surface area contributed by atoms with Crippen molar-refractivity contribution in [2.45, 2.75) is 44.9 Å². The molecule has 2 amide bonds. The smallest absolute Gasteiger partial charge is 0.244 e. The first kappa shape index (κ1) is 14.4. The van der Waals surface area contributed by atoms with Gasteiger partial charge in [-0.05, 0) is 25.7 Å². The van der Waals surface area contributed by atoms with Gasteiger partial charge < -0.3 is 10.2 Å². The summed E-state index contributed by atoms with van der Waals surface area (Å²) >= 11 is 4.24. The van der Waals surface area contributed by atoms with Gasteiger partial charge in [-0.2, -0.15) is 12.6 Å². The molecule has 0 aromatic carbocycles. The zero-order valence-electron chi connectivity index (χ0n) is 10.8. The van der Waals surface area contributed by atoms with Crippen LogP contribution in [0.1, 0.15) is 33.6 Å². The van der Waals surface area contributed by atoms with E-state index in [2.05, 4.69) is 17.9 Å². The Hall–Kier alpha value is -0.710. The van der Waals surface area contributed by atoms with Crippen LogP contribution in [0, 0.1) is 5.92 Å². The average Bonchev–Trinajstić information content (AvgIpc) is 2.79. The van der Waals surface area contributed by atoms with E-state index in [0.717, 1.165) is 25.9 Å². The van der Waals surface area contributed by atoms with Crippen molar-refractivity contribution in [3.8, 4) is 0 Å². The molecule has 1 saturated heterocycles. The molecular formula is C12H22N2O2S. The lowest BCUT2D eigenvalue weighted by atomic mass is 10.1. The third-order valence-corrected chi connectivity index (χ3v) is 3.88. The van der Waals surface area contributed by atoms with E-state index in [1.807, 2.05) is 18.7 Å². The Morgan fingerprint density at radius 3 is 2.18 bits per heavy atom. The number of nitrogens with one attached hydrogen (secondary N) is 1. The summed E-state index contributed by atoms with van der Waals surface area (Å²) in [5.41, 5.74) is 0. The van der Waals surface area contributed by atoms with Crippen molar-refractivity contribution in [1.82, 2.24) is 10.2 Å². The highest BCUT2D eigenvalue weighted by Crippen LogP contribution is 2.11. The van der Waals surface area contributed by atoms with Crippen LogP contribution in [0.2, 0.25) is 0 Å². The molecule has 0 saturated carbocycles. The summed E-state index contributed by atoms with van der Waals surface area (Å²) < 4.78 is 0. The predicted molar refractivity (Wildman–Crippen MR) is 71.0 cm³/mol. The average molecular weight is 258 g/mol. The van der Waals surface area contributed by atoms with Crippen molar-refractivity contribution in [2.75, 3.05) is 13.1 Å². The van der Waals surface area contributed by atoms with Crippen LogP contribution in [0.4, 0.5) is 0 Å². The van der Waals surface area contributed by atoms with Crippen molar-refractivity contribution in [3.05, 3.63) is 0 Å². The lowest BCUT2D eigenvalue weighted by molar-refractivity contribution is -0.135. The third-order valence-electron chi connectivity index (χ3n) is 3.05. The fourth-order valence-electron chi connectivity index (χ4n) is 1.87. The molecular weight excluding hydrogens is 236 g/mol. The van der Waals surface area contributed by atoms with Gasteiger partial charge in [0.05, 0.1) is 5.25 Å². The van der Waals surface area contributed by atoms with Gasteiger partial charge in [-0.15, -0.1) is 0 Å². The Morgan fingerprint density at radius 2 is 1.71 bits per heavy atom. The number of likely N-dealkylation sites (tertiary alicyclic amines) is 1. The Kier molecular flexibility index (Phi) is 5.31. The van der Waals surface area contributed by atoms with Gasteiger partial charge in [0.15, 0.2) is 0 Å². The van der Waals surface area contributed by atoms with E-state index in [-0.39, 0.29) is 23.0 Å². The van der Waals surface area contributed by atoms with Crippen LogP contribution in [0.15, 0.2) is 0 Å². The first-order valence-corrected chi connectivity index (χ1v) is 6.72. The normalized spacial score (nSPS) is 19.2. The molecule has 0 spiro atoms. The molecule has 1 heterocycles. The zero-order valence-corrected chi connectivity index (χ0v) is 11.7.